The molecule has 0 aliphatic rings. The van der Waals surface area contributed by atoms with Crippen LogP contribution in [0.4, 0.5) is 5.69 Å². The lowest BCUT2D eigenvalue weighted by atomic mass is 10.3. The molecule has 0 spiro atoms. The molecule has 1 rings (SSSR count). The van der Waals surface area contributed by atoms with Gasteiger partial charge in [-0.2, -0.15) is 0 Å². The fraction of sp³-hybridized carbons (Fsp3) is 0.364. The second kappa shape index (κ2) is 6.74. The summed E-state index contributed by atoms with van der Waals surface area (Å²) in [5, 5.41) is 6.72. The van der Waals surface area contributed by atoms with E-state index in [0.717, 1.165) is 13.0 Å². The van der Waals surface area contributed by atoms with Gasteiger partial charge in [-0.1, -0.05) is 30.1 Å². The predicted molar refractivity (Wildman–Crippen MR) is 68.3 cm³/mol. The lowest BCUT2D eigenvalue weighted by Crippen LogP contribution is -2.28. The number of hydrogen-bond acceptors (Lipinski definition) is 2. The average Bonchev–Trinajstić information content (AvgIpc) is 2.24. The lowest BCUT2D eigenvalue weighted by molar-refractivity contribution is -0.115. The van der Waals surface area contributed by atoms with Gasteiger partial charge in [-0.05, 0) is 31.2 Å². The van der Waals surface area contributed by atoms with Crippen LogP contribution in [-0.2, 0) is 4.79 Å². The molecule has 0 heterocycles. The van der Waals surface area contributed by atoms with Crippen molar-refractivity contribution in [3.8, 4) is 0 Å². The molecular formula is C11H14Cl2N2O. The van der Waals surface area contributed by atoms with Crippen LogP contribution in [-0.4, -0.2) is 19.0 Å². The number of anilines is 1. The zero-order valence-electron chi connectivity index (χ0n) is 9.02. The van der Waals surface area contributed by atoms with Crippen molar-refractivity contribution in [3.05, 3.63) is 28.2 Å². The highest BCUT2D eigenvalue weighted by molar-refractivity contribution is 6.35. The molecule has 0 aromatic heterocycles. The Bertz CT molecular complexity index is 369. The van der Waals surface area contributed by atoms with Gasteiger partial charge >= 0.3 is 0 Å². The molecule has 0 bridgehead atoms. The number of hydrogen-bond donors (Lipinski definition) is 2. The van der Waals surface area contributed by atoms with Crippen molar-refractivity contribution in [3.63, 3.8) is 0 Å². The van der Waals surface area contributed by atoms with Crippen molar-refractivity contribution in [1.82, 2.24) is 5.32 Å². The minimum atomic E-state index is -0.127. The summed E-state index contributed by atoms with van der Waals surface area (Å²) in [5.74, 6) is -0.127. The first kappa shape index (κ1) is 13.3. The largest absolute Gasteiger partial charge is 0.324 e. The summed E-state index contributed by atoms with van der Waals surface area (Å²) in [6.45, 7) is 3.13. The van der Waals surface area contributed by atoms with Crippen LogP contribution in [0.5, 0.6) is 0 Å². The maximum absolute atomic E-state index is 11.5. The number of carbonyl (C=O) groups excluding carboxylic acids is 1. The Morgan fingerprint density at radius 1 is 1.38 bits per heavy atom. The quantitative estimate of drug-likeness (QED) is 0.800. The van der Waals surface area contributed by atoms with Gasteiger partial charge in [0.1, 0.15) is 0 Å². The molecule has 1 aromatic rings. The molecule has 0 saturated heterocycles. The lowest BCUT2D eigenvalue weighted by Gasteiger charge is -2.08. The predicted octanol–water partition coefficient (Wildman–Crippen LogP) is 2.93. The minimum absolute atomic E-state index is 0.127. The molecule has 0 fully saturated rings. The van der Waals surface area contributed by atoms with Crippen molar-refractivity contribution in [2.75, 3.05) is 18.4 Å². The van der Waals surface area contributed by atoms with Gasteiger partial charge in [0.15, 0.2) is 0 Å². The Balaban J connectivity index is 2.52. The third-order valence-corrected chi connectivity index (χ3v) is 2.48. The van der Waals surface area contributed by atoms with Gasteiger partial charge < -0.3 is 10.6 Å². The van der Waals surface area contributed by atoms with Crippen molar-refractivity contribution in [2.24, 2.45) is 0 Å². The summed E-state index contributed by atoms with van der Waals surface area (Å²) >= 11 is 11.7. The van der Waals surface area contributed by atoms with E-state index in [4.69, 9.17) is 23.2 Å². The standard InChI is InChI=1S/C11H14Cl2N2O/c1-2-5-14-7-11(16)15-10-6-8(12)3-4-9(10)13/h3-4,6,14H,2,5,7H2,1H3,(H,15,16). The van der Waals surface area contributed by atoms with Crippen LogP contribution in [0.2, 0.25) is 10.0 Å². The Kier molecular flexibility index (Phi) is 5.60. The minimum Gasteiger partial charge on any atom is -0.324 e. The van der Waals surface area contributed by atoms with Gasteiger partial charge in [-0.15, -0.1) is 0 Å². The Morgan fingerprint density at radius 3 is 2.81 bits per heavy atom. The highest BCUT2D eigenvalue weighted by Gasteiger charge is 2.05. The van der Waals surface area contributed by atoms with Crippen LogP contribution in [0.1, 0.15) is 13.3 Å². The summed E-state index contributed by atoms with van der Waals surface area (Å²) in [5.41, 5.74) is 0.539. The molecule has 0 radical (unpaired) electrons. The fourth-order valence-electron chi connectivity index (χ4n) is 1.17. The van der Waals surface area contributed by atoms with Crippen LogP contribution in [0.25, 0.3) is 0 Å². The van der Waals surface area contributed by atoms with Crippen molar-refractivity contribution in [2.45, 2.75) is 13.3 Å². The van der Waals surface area contributed by atoms with E-state index >= 15 is 0 Å². The second-order valence-electron chi connectivity index (χ2n) is 3.35. The molecule has 0 atom stereocenters. The van der Waals surface area contributed by atoms with E-state index < -0.39 is 0 Å². The molecular weight excluding hydrogens is 247 g/mol. The fourth-order valence-corrected chi connectivity index (χ4v) is 1.50. The van der Waals surface area contributed by atoms with E-state index in [0.29, 0.717) is 15.7 Å². The van der Waals surface area contributed by atoms with Gasteiger partial charge in [0.05, 0.1) is 17.3 Å². The topological polar surface area (TPSA) is 41.1 Å². The number of halogens is 2. The summed E-state index contributed by atoms with van der Waals surface area (Å²) in [6.07, 6.45) is 0.991. The number of rotatable bonds is 5. The normalized spacial score (nSPS) is 10.2. The van der Waals surface area contributed by atoms with E-state index in [2.05, 4.69) is 10.6 Å². The third kappa shape index (κ3) is 4.39. The monoisotopic (exact) mass is 260 g/mol. The maximum Gasteiger partial charge on any atom is 0.238 e. The first-order chi connectivity index (χ1) is 7.63. The molecule has 1 aromatic carbocycles. The van der Waals surface area contributed by atoms with Gasteiger partial charge in [0, 0.05) is 5.02 Å². The Morgan fingerprint density at radius 2 is 2.12 bits per heavy atom. The SMILES string of the molecule is CCCNCC(=O)Nc1cc(Cl)ccc1Cl. The van der Waals surface area contributed by atoms with Crippen LogP contribution >= 0.6 is 23.2 Å². The molecule has 0 unspecified atom stereocenters. The summed E-state index contributed by atoms with van der Waals surface area (Å²) < 4.78 is 0. The highest BCUT2D eigenvalue weighted by atomic mass is 35.5. The average molecular weight is 261 g/mol. The van der Waals surface area contributed by atoms with E-state index in [-0.39, 0.29) is 12.5 Å². The second-order valence-corrected chi connectivity index (χ2v) is 4.19. The van der Waals surface area contributed by atoms with Gasteiger partial charge in [0.25, 0.3) is 0 Å². The van der Waals surface area contributed by atoms with E-state index in [1.165, 1.54) is 0 Å². The molecule has 0 aliphatic carbocycles. The van der Waals surface area contributed by atoms with Crippen LogP contribution in [0.3, 0.4) is 0 Å². The first-order valence-corrected chi connectivity index (χ1v) is 5.84. The molecule has 1 amide bonds. The Hall–Kier alpha value is -0.770. The molecule has 2 N–H and O–H groups in total. The highest BCUT2D eigenvalue weighted by Crippen LogP contribution is 2.25. The summed E-state index contributed by atoms with van der Waals surface area (Å²) in [4.78, 5) is 11.5. The van der Waals surface area contributed by atoms with Crippen LogP contribution < -0.4 is 10.6 Å². The van der Waals surface area contributed by atoms with Crippen molar-refractivity contribution in [1.29, 1.82) is 0 Å². The van der Waals surface area contributed by atoms with E-state index in [1.807, 2.05) is 6.92 Å². The number of amides is 1. The third-order valence-electron chi connectivity index (χ3n) is 1.91. The van der Waals surface area contributed by atoms with Gasteiger partial charge in [0.2, 0.25) is 5.91 Å². The molecule has 88 valence electrons. The molecule has 5 heteroatoms. The van der Waals surface area contributed by atoms with Gasteiger partial charge in [-0.3, -0.25) is 4.79 Å². The van der Waals surface area contributed by atoms with Crippen LogP contribution in [0.15, 0.2) is 18.2 Å². The van der Waals surface area contributed by atoms with Gasteiger partial charge in [-0.25, -0.2) is 0 Å². The first-order valence-electron chi connectivity index (χ1n) is 5.09. The summed E-state index contributed by atoms with van der Waals surface area (Å²) in [6, 6.07) is 4.95. The number of carbonyl (C=O) groups is 1. The van der Waals surface area contributed by atoms with Crippen molar-refractivity contribution >= 4 is 34.8 Å². The van der Waals surface area contributed by atoms with E-state index in [9.17, 15) is 4.79 Å². The number of benzene rings is 1. The smallest absolute Gasteiger partial charge is 0.238 e. The summed E-state index contributed by atoms with van der Waals surface area (Å²) in [7, 11) is 0. The molecule has 3 nitrogen and oxygen atoms in total. The maximum atomic E-state index is 11.5. The molecule has 0 aliphatic heterocycles. The Labute approximate surface area is 105 Å². The van der Waals surface area contributed by atoms with Crippen molar-refractivity contribution < 1.29 is 4.79 Å². The zero-order valence-corrected chi connectivity index (χ0v) is 10.5. The molecule has 0 saturated carbocycles. The van der Waals surface area contributed by atoms with Crippen LogP contribution in [0, 0.1) is 0 Å². The zero-order chi connectivity index (χ0) is 12.0. The number of nitrogens with one attached hydrogen (secondary N) is 2. The van der Waals surface area contributed by atoms with E-state index in [1.54, 1.807) is 18.2 Å². The molecule has 16 heavy (non-hydrogen) atoms.